The third kappa shape index (κ3) is 6.68. The summed E-state index contributed by atoms with van der Waals surface area (Å²) in [6.07, 6.45) is -3.55. The SMILES string of the molecule is COCC(CO)n1ccc(C)c(N2C[C@@H](c3c(F)cc(OC)cc3F)[C@H](NC(=O)c3ccc(OC(F)(F)F)cc3)C2=O)c1=O. The van der Waals surface area contributed by atoms with Crippen LogP contribution < -0.4 is 25.2 Å². The molecule has 0 aliphatic carbocycles. The van der Waals surface area contributed by atoms with E-state index in [0.717, 1.165) is 41.3 Å². The molecule has 0 radical (unpaired) electrons. The van der Waals surface area contributed by atoms with E-state index in [4.69, 9.17) is 9.47 Å². The average molecular weight is 626 g/mol. The summed E-state index contributed by atoms with van der Waals surface area (Å²) >= 11 is 0. The zero-order valence-electron chi connectivity index (χ0n) is 23.7. The molecule has 1 aromatic heterocycles. The van der Waals surface area contributed by atoms with Crippen molar-refractivity contribution in [3.8, 4) is 11.5 Å². The number of methoxy groups -OCH3 is 2. The molecule has 236 valence electrons. The first kappa shape index (κ1) is 32.4. The number of nitrogens with one attached hydrogen (secondary N) is 1. The van der Waals surface area contributed by atoms with E-state index in [9.17, 15) is 32.7 Å². The van der Waals surface area contributed by atoms with Gasteiger partial charge >= 0.3 is 6.36 Å². The number of ether oxygens (including phenoxy) is 3. The molecule has 15 heteroatoms. The number of anilines is 1. The van der Waals surface area contributed by atoms with Gasteiger partial charge in [0, 0.05) is 49.0 Å². The molecule has 1 unspecified atom stereocenters. The maximum absolute atomic E-state index is 15.3. The zero-order chi connectivity index (χ0) is 32.3. The van der Waals surface area contributed by atoms with Crippen molar-refractivity contribution in [2.45, 2.75) is 31.3 Å². The van der Waals surface area contributed by atoms with Crippen molar-refractivity contribution in [2.75, 3.05) is 38.9 Å². The van der Waals surface area contributed by atoms with Crippen LogP contribution in [0.25, 0.3) is 0 Å². The summed E-state index contributed by atoms with van der Waals surface area (Å²) in [5.41, 5.74) is -1.24. The minimum atomic E-state index is -4.96. The summed E-state index contributed by atoms with van der Waals surface area (Å²) in [4.78, 5) is 41.6. The smallest absolute Gasteiger partial charge is 0.497 e. The third-order valence-electron chi connectivity index (χ3n) is 7.14. The lowest BCUT2D eigenvalue weighted by molar-refractivity contribution is -0.274. The molecule has 1 fully saturated rings. The van der Waals surface area contributed by atoms with E-state index >= 15 is 8.78 Å². The van der Waals surface area contributed by atoms with Crippen molar-refractivity contribution in [1.82, 2.24) is 9.88 Å². The highest BCUT2D eigenvalue weighted by Gasteiger charge is 2.46. The normalized spacial score (nSPS) is 17.5. The number of aliphatic hydroxyl groups is 1. The van der Waals surface area contributed by atoms with Gasteiger partial charge in [-0.25, -0.2) is 8.78 Å². The van der Waals surface area contributed by atoms with Crippen molar-refractivity contribution in [2.24, 2.45) is 0 Å². The topological polar surface area (TPSA) is 119 Å². The number of carbonyl (C=O) groups excluding carboxylic acids is 2. The number of hydrogen-bond acceptors (Lipinski definition) is 7. The molecule has 10 nitrogen and oxygen atoms in total. The maximum atomic E-state index is 15.3. The molecule has 0 saturated carbocycles. The Morgan fingerprint density at radius 2 is 1.70 bits per heavy atom. The van der Waals surface area contributed by atoms with Gasteiger partial charge in [0.05, 0.1) is 26.4 Å². The van der Waals surface area contributed by atoms with Crippen molar-refractivity contribution < 1.29 is 50.9 Å². The van der Waals surface area contributed by atoms with E-state index in [-0.39, 0.29) is 23.6 Å². The van der Waals surface area contributed by atoms with Crippen LogP contribution in [0, 0.1) is 18.6 Å². The van der Waals surface area contributed by atoms with Gasteiger partial charge in [-0.15, -0.1) is 13.2 Å². The van der Waals surface area contributed by atoms with Crippen LogP contribution in [0.3, 0.4) is 0 Å². The number of aromatic nitrogens is 1. The Morgan fingerprint density at radius 3 is 2.25 bits per heavy atom. The number of aryl methyl sites for hydroxylation is 1. The number of pyridine rings is 1. The fraction of sp³-hybridized carbons (Fsp3) is 0.345. The molecule has 4 rings (SSSR count). The first-order chi connectivity index (χ1) is 20.8. The lowest BCUT2D eigenvalue weighted by Crippen LogP contribution is -2.45. The standard InChI is InChI=1S/C29H28F5N3O7/c1-15-8-9-36(17(13-38)14-42-2)28(41)25(15)37-12-20(23-21(30)10-19(43-3)11-22(23)31)24(27(37)40)35-26(39)16-4-6-18(7-5-16)44-29(32,33)34/h4-11,17,20,24,38H,12-14H2,1-3H3,(H,35,39)/t17?,20-,24-/m0/s1. The average Bonchev–Trinajstić information content (AvgIpc) is 3.26. The van der Waals surface area contributed by atoms with Gasteiger partial charge in [-0.1, -0.05) is 0 Å². The molecule has 2 heterocycles. The highest BCUT2D eigenvalue weighted by atomic mass is 19.4. The van der Waals surface area contributed by atoms with Crippen molar-refractivity contribution >= 4 is 17.5 Å². The van der Waals surface area contributed by atoms with Gasteiger partial charge in [0.15, 0.2) is 0 Å². The fourth-order valence-electron chi connectivity index (χ4n) is 5.08. The Morgan fingerprint density at radius 1 is 1.07 bits per heavy atom. The van der Waals surface area contributed by atoms with Crippen LogP contribution in [0.1, 0.15) is 33.4 Å². The van der Waals surface area contributed by atoms with Gasteiger partial charge in [0.2, 0.25) is 5.91 Å². The Balaban J connectivity index is 1.76. The van der Waals surface area contributed by atoms with Gasteiger partial charge in [-0.3, -0.25) is 14.4 Å². The summed E-state index contributed by atoms with van der Waals surface area (Å²) in [6.45, 7) is 0.596. The molecule has 44 heavy (non-hydrogen) atoms. The molecule has 1 aliphatic heterocycles. The van der Waals surface area contributed by atoms with Crippen LogP contribution in [0.2, 0.25) is 0 Å². The van der Waals surface area contributed by atoms with Gasteiger partial charge in [0.1, 0.15) is 34.9 Å². The van der Waals surface area contributed by atoms with Crippen molar-refractivity contribution in [3.05, 3.63) is 87.3 Å². The second-order valence-corrected chi connectivity index (χ2v) is 9.93. The molecule has 0 bridgehead atoms. The van der Waals surface area contributed by atoms with Crippen LogP contribution in [0.5, 0.6) is 11.5 Å². The van der Waals surface area contributed by atoms with E-state index < -0.39 is 77.8 Å². The minimum absolute atomic E-state index is 0.0385. The first-order valence-corrected chi connectivity index (χ1v) is 13.1. The zero-order valence-corrected chi connectivity index (χ0v) is 23.7. The number of alkyl halides is 3. The monoisotopic (exact) mass is 625 g/mol. The van der Waals surface area contributed by atoms with Crippen LogP contribution in [-0.4, -0.2) is 67.9 Å². The van der Waals surface area contributed by atoms with Crippen molar-refractivity contribution in [1.29, 1.82) is 0 Å². The number of benzene rings is 2. The van der Waals surface area contributed by atoms with Crippen molar-refractivity contribution in [3.63, 3.8) is 0 Å². The van der Waals surface area contributed by atoms with E-state index in [1.54, 1.807) is 6.92 Å². The van der Waals surface area contributed by atoms with Crippen LogP contribution in [0.15, 0.2) is 53.5 Å². The lowest BCUT2D eigenvalue weighted by Gasteiger charge is -2.23. The summed E-state index contributed by atoms with van der Waals surface area (Å²) < 4.78 is 83.2. The van der Waals surface area contributed by atoms with Crippen LogP contribution in [0.4, 0.5) is 27.6 Å². The lowest BCUT2D eigenvalue weighted by atomic mass is 9.92. The van der Waals surface area contributed by atoms with Gasteiger partial charge in [0.25, 0.3) is 11.5 Å². The molecule has 3 aromatic rings. The molecule has 2 N–H and O–H groups in total. The Kier molecular flexibility index (Phi) is 9.59. The summed E-state index contributed by atoms with van der Waals surface area (Å²) in [7, 11) is 2.58. The number of halogens is 5. The molecule has 3 atom stereocenters. The minimum Gasteiger partial charge on any atom is -0.497 e. The van der Waals surface area contributed by atoms with Crippen LogP contribution >= 0.6 is 0 Å². The Bertz CT molecular complexity index is 1570. The van der Waals surface area contributed by atoms with E-state index in [0.29, 0.717) is 5.56 Å². The molecular formula is C29H28F5N3O7. The summed E-state index contributed by atoms with van der Waals surface area (Å²) in [6, 6.07) is 4.72. The molecule has 1 aliphatic rings. The maximum Gasteiger partial charge on any atom is 0.573 e. The highest BCUT2D eigenvalue weighted by molar-refractivity contribution is 6.05. The first-order valence-electron chi connectivity index (χ1n) is 13.1. The fourth-order valence-corrected chi connectivity index (χ4v) is 5.08. The highest BCUT2D eigenvalue weighted by Crippen LogP contribution is 2.37. The number of hydrogen-bond donors (Lipinski definition) is 2. The second-order valence-electron chi connectivity index (χ2n) is 9.93. The number of nitrogens with zero attached hydrogens (tertiary/aromatic N) is 2. The molecule has 0 spiro atoms. The van der Waals surface area contributed by atoms with E-state index in [1.807, 2.05) is 0 Å². The molecular weight excluding hydrogens is 597 g/mol. The predicted molar refractivity (Wildman–Crippen MR) is 146 cm³/mol. The predicted octanol–water partition coefficient (Wildman–Crippen LogP) is 3.45. The number of amides is 2. The largest absolute Gasteiger partial charge is 0.573 e. The third-order valence-corrected chi connectivity index (χ3v) is 7.14. The summed E-state index contributed by atoms with van der Waals surface area (Å²) in [5.74, 6) is -6.05. The number of carbonyl (C=O) groups is 2. The van der Waals surface area contributed by atoms with E-state index in [2.05, 4.69) is 10.1 Å². The Labute approximate surface area is 247 Å². The molecule has 2 amide bonds. The van der Waals surface area contributed by atoms with Gasteiger partial charge < -0.3 is 34.1 Å². The van der Waals surface area contributed by atoms with Gasteiger partial charge in [-0.05, 0) is 42.8 Å². The number of aliphatic hydroxyl groups excluding tert-OH is 1. The Hall–Kier alpha value is -4.50. The molecule has 2 aromatic carbocycles. The quantitative estimate of drug-likeness (QED) is 0.332. The van der Waals surface area contributed by atoms with Gasteiger partial charge in [-0.2, -0.15) is 0 Å². The van der Waals surface area contributed by atoms with Crippen LogP contribution in [-0.2, 0) is 9.53 Å². The molecule has 1 saturated heterocycles. The summed E-state index contributed by atoms with van der Waals surface area (Å²) in [5, 5.41) is 12.2. The van der Waals surface area contributed by atoms with E-state index in [1.165, 1.54) is 31.0 Å². The second kappa shape index (κ2) is 13.0. The number of rotatable bonds is 10.